The quantitative estimate of drug-likeness (QED) is 0.855. The number of benzene rings is 1. The molecule has 0 bridgehead atoms. The molecule has 2 atom stereocenters. The van der Waals surface area contributed by atoms with Gasteiger partial charge in [0.25, 0.3) is 0 Å². The molecule has 1 saturated heterocycles. The summed E-state index contributed by atoms with van der Waals surface area (Å²) >= 11 is 0. The fourth-order valence-electron chi connectivity index (χ4n) is 2.45. The second-order valence-electron chi connectivity index (χ2n) is 4.90. The van der Waals surface area contributed by atoms with Gasteiger partial charge in [0, 0.05) is 18.9 Å². The maximum atomic E-state index is 14.1. The van der Waals surface area contributed by atoms with Gasteiger partial charge in [0.05, 0.1) is 0 Å². The number of rotatable bonds is 3. The van der Waals surface area contributed by atoms with E-state index in [0.717, 1.165) is 37.1 Å². The van der Waals surface area contributed by atoms with Crippen molar-refractivity contribution < 1.29 is 8.78 Å². The molecule has 1 aromatic rings. The van der Waals surface area contributed by atoms with Crippen LogP contribution in [0.4, 0.5) is 8.78 Å². The molecule has 2 rings (SSSR count). The van der Waals surface area contributed by atoms with E-state index in [4.69, 9.17) is 0 Å². The third-order valence-electron chi connectivity index (χ3n) is 3.57. The molecule has 0 saturated carbocycles. The van der Waals surface area contributed by atoms with Crippen LogP contribution >= 0.6 is 0 Å². The molecule has 17 heavy (non-hydrogen) atoms. The minimum absolute atomic E-state index is 0.105. The smallest absolute Gasteiger partial charge is 0.123 e. The Hall–Kier alpha value is -0.960. The number of halogens is 2. The van der Waals surface area contributed by atoms with Gasteiger partial charge in [0.1, 0.15) is 12.0 Å². The van der Waals surface area contributed by atoms with Gasteiger partial charge in [-0.1, -0.05) is 6.07 Å². The lowest BCUT2D eigenvalue weighted by molar-refractivity contribution is 0.191. The summed E-state index contributed by atoms with van der Waals surface area (Å²) in [6.45, 7) is 3.60. The van der Waals surface area contributed by atoms with Crippen LogP contribution in [0.3, 0.4) is 0 Å². The molecular weight excluding hydrogens is 220 g/mol. The first-order chi connectivity index (χ1) is 8.16. The van der Waals surface area contributed by atoms with Crippen LogP contribution in [0.15, 0.2) is 18.2 Å². The van der Waals surface area contributed by atoms with Crippen molar-refractivity contribution in [2.75, 3.05) is 13.1 Å². The normalized spacial score (nSPS) is 22.4. The molecule has 0 spiro atoms. The Bertz CT molecular complexity index is 372. The molecule has 1 N–H and O–H groups in total. The number of piperidine rings is 1. The Kier molecular flexibility index (Phi) is 4.11. The zero-order valence-corrected chi connectivity index (χ0v) is 10.2. The highest BCUT2D eigenvalue weighted by atomic mass is 19.1. The molecule has 3 heteroatoms. The molecule has 1 nitrogen and oxygen atoms in total. The molecule has 0 amide bonds. The molecule has 1 aromatic carbocycles. The highest BCUT2D eigenvalue weighted by Gasteiger charge is 2.23. The average Bonchev–Trinajstić information content (AvgIpc) is 2.34. The van der Waals surface area contributed by atoms with Gasteiger partial charge < -0.3 is 5.32 Å². The van der Waals surface area contributed by atoms with Crippen LogP contribution in [0.1, 0.15) is 24.0 Å². The molecule has 1 fully saturated rings. The van der Waals surface area contributed by atoms with Gasteiger partial charge in [-0.25, -0.2) is 8.78 Å². The lowest BCUT2D eigenvalue weighted by atomic mass is 9.90. The second kappa shape index (κ2) is 5.58. The van der Waals surface area contributed by atoms with Crippen molar-refractivity contribution >= 4 is 0 Å². The van der Waals surface area contributed by atoms with Crippen molar-refractivity contribution in [3.63, 3.8) is 0 Å². The van der Waals surface area contributed by atoms with Gasteiger partial charge in [-0.2, -0.15) is 0 Å². The summed E-state index contributed by atoms with van der Waals surface area (Å²) in [4.78, 5) is 0. The minimum Gasteiger partial charge on any atom is -0.316 e. The first kappa shape index (κ1) is 12.5. The minimum atomic E-state index is -0.827. The predicted octanol–water partition coefficient (Wildman–Crippen LogP) is 3.01. The number of aryl methyl sites for hydroxylation is 1. The van der Waals surface area contributed by atoms with E-state index in [1.165, 1.54) is 12.1 Å². The fourth-order valence-corrected chi connectivity index (χ4v) is 2.45. The molecule has 0 aromatic heterocycles. The highest BCUT2D eigenvalue weighted by molar-refractivity contribution is 5.27. The largest absolute Gasteiger partial charge is 0.316 e. The van der Waals surface area contributed by atoms with Crippen molar-refractivity contribution in [1.82, 2.24) is 5.32 Å². The summed E-state index contributed by atoms with van der Waals surface area (Å²) in [5, 5.41) is 3.23. The molecule has 2 unspecified atom stereocenters. The number of nitrogens with one attached hydrogen (secondary N) is 1. The average molecular weight is 239 g/mol. The Morgan fingerprint density at radius 2 is 2.29 bits per heavy atom. The van der Waals surface area contributed by atoms with Gasteiger partial charge in [-0.15, -0.1) is 0 Å². The Morgan fingerprint density at radius 1 is 1.47 bits per heavy atom. The summed E-state index contributed by atoms with van der Waals surface area (Å²) in [5.41, 5.74) is 1.76. The zero-order valence-electron chi connectivity index (χ0n) is 10.2. The van der Waals surface area contributed by atoms with Gasteiger partial charge in [0.2, 0.25) is 0 Å². The number of hydrogen-bond donors (Lipinski definition) is 1. The summed E-state index contributed by atoms with van der Waals surface area (Å²) < 4.78 is 27.1. The topological polar surface area (TPSA) is 12.0 Å². The number of hydrogen-bond acceptors (Lipinski definition) is 1. The summed E-state index contributed by atoms with van der Waals surface area (Å²) in [6, 6.07) is 4.59. The van der Waals surface area contributed by atoms with Crippen molar-refractivity contribution in [2.45, 2.75) is 32.4 Å². The van der Waals surface area contributed by atoms with Gasteiger partial charge in [-0.05, 0) is 49.6 Å². The predicted molar refractivity (Wildman–Crippen MR) is 65.3 cm³/mol. The molecule has 94 valence electrons. The maximum absolute atomic E-state index is 14.1. The molecule has 1 heterocycles. The van der Waals surface area contributed by atoms with E-state index in [1.54, 1.807) is 6.07 Å². The van der Waals surface area contributed by atoms with E-state index in [-0.39, 0.29) is 11.7 Å². The first-order valence-electron chi connectivity index (χ1n) is 6.26. The second-order valence-corrected chi connectivity index (χ2v) is 4.90. The summed E-state index contributed by atoms with van der Waals surface area (Å²) in [6.07, 6.45) is 1.58. The molecule has 0 aliphatic carbocycles. The van der Waals surface area contributed by atoms with E-state index in [0.29, 0.717) is 6.42 Å². The van der Waals surface area contributed by atoms with E-state index < -0.39 is 6.17 Å². The van der Waals surface area contributed by atoms with E-state index in [9.17, 15) is 8.78 Å². The van der Waals surface area contributed by atoms with Crippen LogP contribution < -0.4 is 5.32 Å². The zero-order chi connectivity index (χ0) is 12.3. The summed E-state index contributed by atoms with van der Waals surface area (Å²) in [5.74, 6) is -0.144. The Morgan fingerprint density at radius 3 is 2.94 bits per heavy atom. The van der Waals surface area contributed by atoms with Crippen molar-refractivity contribution in [1.29, 1.82) is 0 Å². The molecule has 1 aliphatic heterocycles. The Labute approximate surface area is 101 Å². The van der Waals surface area contributed by atoms with Crippen molar-refractivity contribution in [3.05, 3.63) is 35.1 Å². The molecule has 0 radical (unpaired) electrons. The van der Waals surface area contributed by atoms with Gasteiger partial charge >= 0.3 is 0 Å². The summed E-state index contributed by atoms with van der Waals surface area (Å²) in [7, 11) is 0. The lowest BCUT2D eigenvalue weighted by Gasteiger charge is -2.26. The third-order valence-corrected chi connectivity index (χ3v) is 3.57. The highest BCUT2D eigenvalue weighted by Crippen LogP contribution is 2.22. The standard InChI is InChI=1S/C14H19F2N/c1-10-7-13(15)5-4-11(10)8-14(16)12-3-2-6-17-9-12/h4-5,7,12,14,17H,2-3,6,8-9H2,1H3. The van der Waals surface area contributed by atoms with E-state index in [1.807, 2.05) is 6.92 Å². The van der Waals surface area contributed by atoms with Crippen LogP contribution in [-0.2, 0) is 6.42 Å². The first-order valence-corrected chi connectivity index (χ1v) is 6.26. The van der Waals surface area contributed by atoms with Gasteiger partial charge in [-0.3, -0.25) is 0 Å². The maximum Gasteiger partial charge on any atom is 0.123 e. The SMILES string of the molecule is Cc1cc(F)ccc1CC(F)C1CCCNC1. The fraction of sp³-hybridized carbons (Fsp3) is 0.571. The molecule has 1 aliphatic rings. The van der Waals surface area contributed by atoms with Crippen LogP contribution in [0.5, 0.6) is 0 Å². The van der Waals surface area contributed by atoms with Crippen LogP contribution in [0, 0.1) is 18.7 Å². The third kappa shape index (κ3) is 3.25. The van der Waals surface area contributed by atoms with Gasteiger partial charge in [0.15, 0.2) is 0 Å². The van der Waals surface area contributed by atoms with E-state index in [2.05, 4.69) is 5.32 Å². The Balaban J connectivity index is 1.99. The number of alkyl halides is 1. The van der Waals surface area contributed by atoms with Crippen LogP contribution in [-0.4, -0.2) is 19.3 Å². The van der Waals surface area contributed by atoms with Crippen molar-refractivity contribution in [3.8, 4) is 0 Å². The van der Waals surface area contributed by atoms with Crippen LogP contribution in [0.2, 0.25) is 0 Å². The van der Waals surface area contributed by atoms with Crippen molar-refractivity contribution in [2.24, 2.45) is 5.92 Å². The van der Waals surface area contributed by atoms with Crippen LogP contribution in [0.25, 0.3) is 0 Å². The lowest BCUT2D eigenvalue weighted by Crippen LogP contribution is -2.35. The monoisotopic (exact) mass is 239 g/mol. The molecular formula is C14H19F2N. The van der Waals surface area contributed by atoms with E-state index >= 15 is 0 Å².